The number of rotatable bonds is 6. The normalized spacial score (nSPS) is 20.9. The summed E-state index contributed by atoms with van der Waals surface area (Å²) in [6.07, 6.45) is 15.6. The number of hydrogen-bond acceptors (Lipinski definition) is 1. The van der Waals surface area contributed by atoms with E-state index in [1.165, 1.54) is 51.4 Å². The second-order valence-corrected chi connectivity index (χ2v) is 4.78. The minimum atomic E-state index is 0.623. The zero-order chi connectivity index (χ0) is 10.9. The van der Waals surface area contributed by atoms with Gasteiger partial charge >= 0.3 is 0 Å². The highest BCUT2D eigenvalue weighted by molar-refractivity contribution is 4.93. The molecule has 1 saturated carbocycles. The molecule has 1 nitrogen and oxygen atoms in total. The molecule has 1 aliphatic carbocycles. The Bertz CT molecular complexity index is 168. The molecule has 1 heteroatoms. The summed E-state index contributed by atoms with van der Waals surface area (Å²) in [6.45, 7) is 4.40. The maximum Gasteiger partial charge on any atom is 0.0252 e. The maximum absolute atomic E-state index is 3.80. The molecule has 1 rings (SSSR count). The standard InChI is InChI=1S/C14H27N/c1-3-5-10-13(9-4-2)15-14-11-7-6-8-12-14/h4,9,13-15H,3,5-8,10-12H2,1-2H3/b9-4+. The van der Waals surface area contributed by atoms with Crippen LogP contribution in [0.5, 0.6) is 0 Å². The van der Waals surface area contributed by atoms with Crippen LogP contribution in [0.3, 0.4) is 0 Å². The fourth-order valence-corrected chi connectivity index (χ4v) is 2.46. The molecule has 1 aliphatic rings. The molecular formula is C14H27N. The van der Waals surface area contributed by atoms with Crippen LogP contribution in [0.4, 0.5) is 0 Å². The fraction of sp³-hybridized carbons (Fsp3) is 0.857. The Kier molecular flexibility index (Phi) is 6.74. The molecular weight excluding hydrogens is 182 g/mol. The van der Waals surface area contributed by atoms with Crippen LogP contribution in [0.15, 0.2) is 12.2 Å². The third-order valence-electron chi connectivity index (χ3n) is 3.35. The molecule has 0 aromatic rings. The van der Waals surface area contributed by atoms with Gasteiger partial charge in [0.25, 0.3) is 0 Å². The summed E-state index contributed by atoms with van der Waals surface area (Å²) in [5.41, 5.74) is 0. The van der Waals surface area contributed by atoms with Crippen molar-refractivity contribution in [2.24, 2.45) is 0 Å². The Labute approximate surface area is 95.3 Å². The molecule has 1 unspecified atom stereocenters. The lowest BCUT2D eigenvalue weighted by molar-refractivity contribution is 0.346. The summed E-state index contributed by atoms with van der Waals surface area (Å²) < 4.78 is 0. The zero-order valence-corrected chi connectivity index (χ0v) is 10.5. The molecule has 0 amide bonds. The first-order chi connectivity index (χ1) is 7.36. The summed E-state index contributed by atoms with van der Waals surface area (Å²) in [4.78, 5) is 0. The minimum absolute atomic E-state index is 0.623. The van der Waals surface area contributed by atoms with E-state index >= 15 is 0 Å². The van der Waals surface area contributed by atoms with Crippen molar-refractivity contribution in [3.63, 3.8) is 0 Å². The van der Waals surface area contributed by atoms with Crippen LogP contribution < -0.4 is 5.32 Å². The van der Waals surface area contributed by atoms with Crippen LogP contribution in [0.2, 0.25) is 0 Å². The van der Waals surface area contributed by atoms with Gasteiger partial charge in [-0.3, -0.25) is 0 Å². The van der Waals surface area contributed by atoms with Crippen molar-refractivity contribution >= 4 is 0 Å². The molecule has 88 valence electrons. The lowest BCUT2D eigenvalue weighted by Crippen LogP contribution is -2.38. The van der Waals surface area contributed by atoms with E-state index in [4.69, 9.17) is 0 Å². The molecule has 1 fully saturated rings. The maximum atomic E-state index is 3.80. The van der Waals surface area contributed by atoms with Crippen molar-refractivity contribution < 1.29 is 0 Å². The van der Waals surface area contributed by atoms with E-state index in [-0.39, 0.29) is 0 Å². The predicted octanol–water partition coefficient (Wildman–Crippen LogP) is 4.04. The van der Waals surface area contributed by atoms with Crippen LogP contribution in [0, 0.1) is 0 Å². The number of hydrogen-bond donors (Lipinski definition) is 1. The van der Waals surface area contributed by atoms with Gasteiger partial charge in [-0.15, -0.1) is 0 Å². The average Bonchev–Trinajstić information content (AvgIpc) is 2.28. The van der Waals surface area contributed by atoms with Crippen molar-refractivity contribution in [2.75, 3.05) is 0 Å². The van der Waals surface area contributed by atoms with Crippen molar-refractivity contribution in [3.05, 3.63) is 12.2 Å². The molecule has 0 aliphatic heterocycles. The number of nitrogens with one attached hydrogen (secondary N) is 1. The molecule has 15 heavy (non-hydrogen) atoms. The van der Waals surface area contributed by atoms with Crippen LogP contribution in [-0.2, 0) is 0 Å². The monoisotopic (exact) mass is 209 g/mol. The fourth-order valence-electron chi connectivity index (χ4n) is 2.46. The van der Waals surface area contributed by atoms with Gasteiger partial charge in [0, 0.05) is 12.1 Å². The first-order valence-electron chi connectivity index (χ1n) is 6.75. The van der Waals surface area contributed by atoms with Crippen molar-refractivity contribution in [3.8, 4) is 0 Å². The molecule has 0 radical (unpaired) electrons. The Morgan fingerprint density at radius 2 is 2.00 bits per heavy atom. The third kappa shape index (κ3) is 5.36. The molecule has 1 N–H and O–H groups in total. The summed E-state index contributed by atoms with van der Waals surface area (Å²) in [5, 5.41) is 3.80. The summed E-state index contributed by atoms with van der Waals surface area (Å²) in [5.74, 6) is 0. The van der Waals surface area contributed by atoms with Crippen LogP contribution in [0.25, 0.3) is 0 Å². The van der Waals surface area contributed by atoms with Gasteiger partial charge in [-0.2, -0.15) is 0 Å². The Balaban J connectivity index is 2.28. The highest BCUT2D eigenvalue weighted by Gasteiger charge is 2.15. The third-order valence-corrected chi connectivity index (χ3v) is 3.35. The van der Waals surface area contributed by atoms with Crippen LogP contribution in [0.1, 0.15) is 65.2 Å². The summed E-state index contributed by atoms with van der Waals surface area (Å²) in [7, 11) is 0. The highest BCUT2D eigenvalue weighted by Crippen LogP contribution is 2.18. The molecule has 0 spiro atoms. The molecule has 0 aromatic heterocycles. The Morgan fingerprint density at radius 3 is 2.60 bits per heavy atom. The molecule has 1 atom stereocenters. The van der Waals surface area contributed by atoms with Gasteiger partial charge in [-0.25, -0.2) is 0 Å². The molecule has 0 aromatic carbocycles. The lowest BCUT2D eigenvalue weighted by atomic mass is 9.94. The molecule has 0 bridgehead atoms. The second-order valence-electron chi connectivity index (χ2n) is 4.78. The van der Waals surface area contributed by atoms with Crippen molar-refractivity contribution in [1.82, 2.24) is 5.32 Å². The van der Waals surface area contributed by atoms with E-state index in [1.54, 1.807) is 0 Å². The van der Waals surface area contributed by atoms with Gasteiger partial charge in [0.1, 0.15) is 0 Å². The topological polar surface area (TPSA) is 12.0 Å². The van der Waals surface area contributed by atoms with Gasteiger partial charge in [0.2, 0.25) is 0 Å². The Hall–Kier alpha value is -0.300. The van der Waals surface area contributed by atoms with Gasteiger partial charge in [0.15, 0.2) is 0 Å². The largest absolute Gasteiger partial charge is 0.308 e. The van der Waals surface area contributed by atoms with Gasteiger partial charge in [-0.1, -0.05) is 51.2 Å². The Morgan fingerprint density at radius 1 is 1.27 bits per heavy atom. The van der Waals surface area contributed by atoms with Crippen molar-refractivity contribution in [1.29, 1.82) is 0 Å². The van der Waals surface area contributed by atoms with E-state index in [0.717, 1.165) is 6.04 Å². The van der Waals surface area contributed by atoms with Gasteiger partial charge in [-0.05, 0) is 26.2 Å². The smallest absolute Gasteiger partial charge is 0.0252 e. The van der Waals surface area contributed by atoms with E-state index in [9.17, 15) is 0 Å². The van der Waals surface area contributed by atoms with Crippen molar-refractivity contribution in [2.45, 2.75) is 77.3 Å². The highest BCUT2D eigenvalue weighted by atomic mass is 14.9. The zero-order valence-electron chi connectivity index (χ0n) is 10.5. The summed E-state index contributed by atoms with van der Waals surface area (Å²) >= 11 is 0. The van der Waals surface area contributed by atoms with Crippen LogP contribution >= 0.6 is 0 Å². The SMILES string of the molecule is C/C=C/C(CCCC)NC1CCCCC1. The number of allylic oxidation sites excluding steroid dienone is 1. The first kappa shape index (κ1) is 12.8. The van der Waals surface area contributed by atoms with E-state index in [2.05, 4.69) is 31.3 Å². The van der Waals surface area contributed by atoms with Gasteiger partial charge in [0.05, 0.1) is 0 Å². The lowest BCUT2D eigenvalue weighted by Gasteiger charge is -2.27. The van der Waals surface area contributed by atoms with E-state index < -0.39 is 0 Å². The molecule has 0 saturated heterocycles. The quantitative estimate of drug-likeness (QED) is 0.651. The minimum Gasteiger partial charge on any atom is -0.308 e. The first-order valence-corrected chi connectivity index (χ1v) is 6.75. The second kappa shape index (κ2) is 7.92. The van der Waals surface area contributed by atoms with E-state index in [1.807, 2.05) is 0 Å². The summed E-state index contributed by atoms with van der Waals surface area (Å²) in [6, 6.07) is 1.41. The molecule has 0 heterocycles. The number of unbranched alkanes of at least 4 members (excludes halogenated alkanes) is 1. The van der Waals surface area contributed by atoms with Gasteiger partial charge < -0.3 is 5.32 Å². The predicted molar refractivity (Wildman–Crippen MR) is 68.1 cm³/mol. The van der Waals surface area contributed by atoms with Crippen LogP contribution in [-0.4, -0.2) is 12.1 Å². The van der Waals surface area contributed by atoms with E-state index in [0.29, 0.717) is 6.04 Å². The average molecular weight is 209 g/mol.